The number of carbonyl (C=O) groups is 2. The van der Waals surface area contributed by atoms with Gasteiger partial charge >= 0.3 is 0 Å². The molecule has 3 rings (SSSR count). The number of hydrogen-bond donors (Lipinski definition) is 1. The van der Waals surface area contributed by atoms with Crippen molar-refractivity contribution in [2.75, 3.05) is 30.4 Å². The fourth-order valence-corrected chi connectivity index (χ4v) is 5.66. The van der Waals surface area contributed by atoms with E-state index in [1.165, 1.54) is 9.21 Å². The first-order valence-corrected chi connectivity index (χ1v) is 15.0. The molecule has 1 aliphatic rings. The first-order valence-electron chi connectivity index (χ1n) is 12.4. The largest absolute Gasteiger partial charge is 0.454 e. The van der Waals surface area contributed by atoms with Crippen LogP contribution in [-0.4, -0.2) is 57.3 Å². The predicted octanol–water partition coefficient (Wildman–Crippen LogP) is 4.60. The van der Waals surface area contributed by atoms with Gasteiger partial charge in [0.25, 0.3) is 0 Å². The van der Waals surface area contributed by atoms with Crippen molar-refractivity contribution in [1.29, 1.82) is 0 Å². The van der Waals surface area contributed by atoms with Crippen molar-refractivity contribution in [3.8, 4) is 11.5 Å². The van der Waals surface area contributed by atoms with Crippen LogP contribution in [0.3, 0.4) is 0 Å². The minimum absolute atomic E-state index is 0.0101. The van der Waals surface area contributed by atoms with Crippen molar-refractivity contribution in [2.24, 2.45) is 0 Å². The molecule has 0 bridgehead atoms. The van der Waals surface area contributed by atoms with Crippen LogP contribution in [0.25, 0.3) is 0 Å². The van der Waals surface area contributed by atoms with E-state index in [0.29, 0.717) is 45.8 Å². The average Bonchev–Trinajstić information content (AvgIpc) is 3.34. The van der Waals surface area contributed by atoms with E-state index in [1.807, 2.05) is 13.8 Å². The summed E-state index contributed by atoms with van der Waals surface area (Å²) < 4.78 is 37.1. The summed E-state index contributed by atoms with van der Waals surface area (Å²) in [4.78, 5) is 28.0. The Labute approximate surface area is 234 Å². The van der Waals surface area contributed by atoms with Gasteiger partial charge in [0.05, 0.1) is 11.9 Å². The number of benzene rings is 2. The van der Waals surface area contributed by atoms with Crippen LogP contribution in [0.1, 0.15) is 45.1 Å². The van der Waals surface area contributed by atoms with Crippen molar-refractivity contribution >= 4 is 50.7 Å². The molecule has 9 nitrogen and oxygen atoms in total. The number of halogens is 2. The third-order valence-corrected chi connectivity index (χ3v) is 8.02. The second-order valence-corrected chi connectivity index (χ2v) is 11.6. The first kappa shape index (κ1) is 29.9. The van der Waals surface area contributed by atoms with Gasteiger partial charge < -0.3 is 19.7 Å². The van der Waals surface area contributed by atoms with Crippen LogP contribution in [0.5, 0.6) is 11.5 Å². The molecule has 0 aromatic heterocycles. The van der Waals surface area contributed by atoms with Gasteiger partial charge in [0.1, 0.15) is 6.04 Å². The summed E-state index contributed by atoms with van der Waals surface area (Å²) in [6, 6.07) is 9.21. The van der Waals surface area contributed by atoms with Crippen LogP contribution >= 0.6 is 23.2 Å². The highest BCUT2D eigenvalue weighted by Gasteiger charge is 2.30. The van der Waals surface area contributed by atoms with Gasteiger partial charge in [-0.3, -0.25) is 13.9 Å². The molecule has 0 fully saturated rings. The number of nitrogens with zero attached hydrogens (tertiary/aromatic N) is 2. The molecule has 2 aromatic rings. The quantitative estimate of drug-likeness (QED) is 0.368. The second kappa shape index (κ2) is 13.4. The maximum atomic E-state index is 13.5. The van der Waals surface area contributed by atoms with Gasteiger partial charge in [-0.2, -0.15) is 0 Å². The third kappa shape index (κ3) is 7.45. The van der Waals surface area contributed by atoms with Crippen molar-refractivity contribution in [3.63, 3.8) is 0 Å². The molecule has 1 atom stereocenters. The van der Waals surface area contributed by atoms with Gasteiger partial charge in [0.15, 0.2) is 11.5 Å². The molecule has 0 radical (unpaired) electrons. The summed E-state index contributed by atoms with van der Waals surface area (Å²) in [5.41, 5.74) is 0.957. The fraction of sp³-hybridized carbons (Fsp3) is 0.462. The first-order chi connectivity index (χ1) is 18.1. The van der Waals surface area contributed by atoms with Gasteiger partial charge in [-0.15, -0.1) is 0 Å². The van der Waals surface area contributed by atoms with E-state index < -0.39 is 16.1 Å². The lowest BCUT2D eigenvalue weighted by molar-refractivity contribution is -0.141. The van der Waals surface area contributed by atoms with E-state index >= 15 is 0 Å². The lowest BCUT2D eigenvalue weighted by atomic mass is 10.1. The molecule has 0 saturated heterocycles. The topological polar surface area (TPSA) is 105 Å². The van der Waals surface area contributed by atoms with Crippen LogP contribution in [-0.2, 0) is 26.2 Å². The highest BCUT2D eigenvalue weighted by Crippen LogP contribution is 2.36. The SMILES string of the molecule is CCCNC(=O)[C@@H](CC)N(Cc1c(Cl)cccc1Cl)C(=O)CCCN(c1ccc2c(c1)OCO2)S(C)(=O)=O. The van der Waals surface area contributed by atoms with Crippen molar-refractivity contribution in [2.45, 2.75) is 52.1 Å². The highest BCUT2D eigenvalue weighted by atomic mass is 35.5. The maximum absolute atomic E-state index is 13.5. The number of carbonyl (C=O) groups excluding carboxylic acids is 2. The summed E-state index contributed by atoms with van der Waals surface area (Å²) in [5.74, 6) is 0.430. The molecule has 1 aliphatic heterocycles. The number of anilines is 1. The Bertz CT molecular complexity index is 1240. The van der Waals surface area contributed by atoms with Crippen LogP contribution < -0.4 is 19.1 Å². The van der Waals surface area contributed by atoms with Crippen molar-refractivity contribution in [3.05, 3.63) is 52.0 Å². The minimum atomic E-state index is -3.65. The molecular formula is C26H33Cl2N3O6S. The zero-order valence-electron chi connectivity index (χ0n) is 21.7. The molecule has 0 unspecified atom stereocenters. The number of fused-ring (bicyclic) bond motifs is 1. The Hall–Kier alpha value is -2.69. The van der Waals surface area contributed by atoms with E-state index in [4.69, 9.17) is 32.7 Å². The van der Waals surface area contributed by atoms with Crippen LogP contribution in [0, 0.1) is 0 Å². The van der Waals surface area contributed by atoms with Crippen molar-refractivity contribution < 1.29 is 27.5 Å². The standard InChI is InChI=1S/C26H33Cl2N3O6S/c1-4-13-29-26(33)22(5-2)30(16-19-20(27)8-6-9-21(19)28)25(32)10-7-14-31(38(3,34)35)18-11-12-23-24(15-18)37-17-36-23/h6,8-9,11-12,15,22H,4-5,7,10,13-14,16-17H2,1-3H3,(H,29,33)/t22-/m1/s1. The molecule has 0 spiro atoms. The molecule has 2 amide bonds. The summed E-state index contributed by atoms with van der Waals surface area (Å²) >= 11 is 12.8. The number of hydrogen-bond acceptors (Lipinski definition) is 6. The molecular weight excluding hydrogens is 553 g/mol. The fourth-order valence-electron chi connectivity index (χ4n) is 4.18. The molecule has 2 aromatic carbocycles. The third-order valence-electron chi connectivity index (χ3n) is 6.12. The molecule has 12 heteroatoms. The van der Waals surface area contributed by atoms with E-state index in [9.17, 15) is 18.0 Å². The van der Waals surface area contributed by atoms with Gasteiger partial charge in [-0.1, -0.05) is 43.1 Å². The molecule has 1 heterocycles. The zero-order valence-corrected chi connectivity index (χ0v) is 24.0. The van der Waals surface area contributed by atoms with E-state index in [0.717, 1.165) is 12.7 Å². The second-order valence-electron chi connectivity index (χ2n) is 8.91. The number of rotatable bonds is 13. The van der Waals surface area contributed by atoms with Gasteiger partial charge in [-0.25, -0.2) is 8.42 Å². The Kier molecular flexibility index (Phi) is 10.5. The molecule has 0 aliphatic carbocycles. The van der Waals surface area contributed by atoms with Gasteiger partial charge in [0, 0.05) is 47.7 Å². The van der Waals surface area contributed by atoms with E-state index in [-0.39, 0.29) is 44.5 Å². The average molecular weight is 587 g/mol. The summed E-state index contributed by atoms with van der Waals surface area (Å²) in [7, 11) is -3.65. The monoisotopic (exact) mass is 585 g/mol. The van der Waals surface area contributed by atoms with Crippen LogP contribution in [0.4, 0.5) is 5.69 Å². The van der Waals surface area contributed by atoms with Crippen LogP contribution in [0.15, 0.2) is 36.4 Å². The van der Waals surface area contributed by atoms with E-state index in [2.05, 4.69) is 5.32 Å². The number of amides is 2. The summed E-state index contributed by atoms with van der Waals surface area (Å²) in [6.07, 6.45) is 2.48. The molecule has 1 N–H and O–H groups in total. The number of sulfonamides is 1. The molecule has 38 heavy (non-hydrogen) atoms. The lowest BCUT2D eigenvalue weighted by Crippen LogP contribution is -2.49. The normalized spacial score (nSPS) is 13.2. The Balaban J connectivity index is 1.79. The van der Waals surface area contributed by atoms with Crippen molar-refractivity contribution in [1.82, 2.24) is 10.2 Å². The van der Waals surface area contributed by atoms with Gasteiger partial charge in [0.2, 0.25) is 28.6 Å². The number of nitrogens with one attached hydrogen (secondary N) is 1. The van der Waals surface area contributed by atoms with Gasteiger partial charge in [-0.05, 0) is 43.5 Å². The highest BCUT2D eigenvalue weighted by molar-refractivity contribution is 7.92. The Morgan fingerprint density at radius 1 is 1.08 bits per heavy atom. The Morgan fingerprint density at radius 2 is 1.76 bits per heavy atom. The number of ether oxygens (including phenoxy) is 2. The van der Waals surface area contributed by atoms with Crippen LogP contribution in [0.2, 0.25) is 10.0 Å². The maximum Gasteiger partial charge on any atom is 0.242 e. The Morgan fingerprint density at radius 3 is 2.39 bits per heavy atom. The molecule has 0 saturated carbocycles. The van der Waals surface area contributed by atoms with E-state index in [1.54, 1.807) is 36.4 Å². The smallest absolute Gasteiger partial charge is 0.242 e. The zero-order chi connectivity index (χ0) is 27.9. The predicted molar refractivity (Wildman–Crippen MR) is 148 cm³/mol. The minimum Gasteiger partial charge on any atom is -0.454 e. The summed E-state index contributed by atoms with van der Waals surface area (Å²) in [5, 5.41) is 3.65. The lowest BCUT2D eigenvalue weighted by Gasteiger charge is -2.31. The summed E-state index contributed by atoms with van der Waals surface area (Å²) in [6.45, 7) is 4.44. The molecule has 208 valence electrons.